The quantitative estimate of drug-likeness (QED) is 0.627. The maximum absolute atomic E-state index is 12.7. The summed E-state index contributed by atoms with van der Waals surface area (Å²) in [5.74, 6) is -0.325. The Morgan fingerprint density at radius 2 is 1.90 bits per heavy atom. The summed E-state index contributed by atoms with van der Waals surface area (Å²) < 4.78 is 5.40. The van der Waals surface area contributed by atoms with Gasteiger partial charge in [0, 0.05) is 17.8 Å². The van der Waals surface area contributed by atoms with Crippen LogP contribution in [0.25, 0.3) is 11.3 Å². The van der Waals surface area contributed by atoms with Crippen LogP contribution in [0, 0.1) is 19.8 Å². The van der Waals surface area contributed by atoms with Gasteiger partial charge in [-0.25, -0.2) is 0 Å². The number of carbonyl (C=O) groups is 2. The van der Waals surface area contributed by atoms with E-state index in [4.69, 9.17) is 4.52 Å². The lowest BCUT2D eigenvalue weighted by Gasteiger charge is -2.21. The second-order valence-electron chi connectivity index (χ2n) is 7.63. The fraction of sp³-hybridized carbons (Fsp3) is 0.304. The summed E-state index contributed by atoms with van der Waals surface area (Å²) >= 11 is 0. The molecule has 0 spiro atoms. The van der Waals surface area contributed by atoms with Crippen LogP contribution >= 0.6 is 0 Å². The highest BCUT2D eigenvalue weighted by Crippen LogP contribution is 2.25. The van der Waals surface area contributed by atoms with Gasteiger partial charge in [-0.1, -0.05) is 42.8 Å². The number of rotatable bonds is 7. The zero-order chi connectivity index (χ0) is 21.7. The first kappa shape index (κ1) is 21.2. The Kier molecular flexibility index (Phi) is 6.61. The van der Waals surface area contributed by atoms with Crippen molar-refractivity contribution in [1.29, 1.82) is 0 Å². The lowest BCUT2D eigenvalue weighted by molar-refractivity contribution is -0.124. The molecule has 1 atom stereocenters. The molecule has 0 aliphatic carbocycles. The zero-order valence-corrected chi connectivity index (χ0v) is 17.6. The molecule has 7 nitrogen and oxygen atoms in total. The number of aryl methyl sites for hydroxylation is 2. The van der Waals surface area contributed by atoms with E-state index in [1.807, 2.05) is 64.1 Å². The molecule has 0 radical (unpaired) electrons. The molecule has 0 aliphatic rings. The van der Waals surface area contributed by atoms with Gasteiger partial charge in [0.05, 0.1) is 12.2 Å². The minimum Gasteiger partial charge on any atom is -0.355 e. The van der Waals surface area contributed by atoms with Crippen LogP contribution in [0.2, 0.25) is 0 Å². The van der Waals surface area contributed by atoms with Crippen LogP contribution in [0.3, 0.4) is 0 Å². The summed E-state index contributed by atoms with van der Waals surface area (Å²) in [6.45, 7) is 7.99. The third-order valence-electron chi connectivity index (χ3n) is 4.81. The number of benzene rings is 1. The first-order valence-electron chi connectivity index (χ1n) is 9.88. The normalized spacial score (nSPS) is 11.9. The minimum absolute atomic E-state index is 0.108. The number of pyridine rings is 1. The van der Waals surface area contributed by atoms with Crippen molar-refractivity contribution in [2.75, 3.05) is 0 Å². The van der Waals surface area contributed by atoms with E-state index in [-0.39, 0.29) is 17.5 Å². The Bertz CT molecular complexity index is 1030. The minimum atomic E-state index is -0.706. The van der Waals surface area contributed by atoms with Crippen LogP contribution in [-0.2, 0) is 11.3 Å². The predicted molar refractivity (Wildman–Crippen MR) is 114 cm³/mol. The van der Waals surface area contributed by atoms with E-state index in [1.165, 1.54) is 0 Å². The fourth-order valence-corrected chi connectivity index (χ4v) is 3.05. The molecule has 0 bridgehead atoms. The van der Waals surface area contributed by atoms with E-state index >= 15 is 0 Å². The van der Waals surface area contributed by atoms with Crippen LogP contribution in [0.1, 0.15) is 41.2 Å². The van der Waals surface area contributed by atoms with Gasteiger partial charge in [-0.2, -0.15) is 0 Å². The van der Waals surface area contributed by atoms with Crippen LogP contribution in [0.4, 0.5) is 0 Å². The predicted octanol–water partition coefficient (Wildman–Crippen LogP) is 3.42. The van der Waals surface area contributed by atoms with Crippen molar-refractivity contribution in [3.63, 3.8) is 0 Å². The molecular weight excluding hydrogens is 380 g/mol. The van der Waals surface area contributed by atoms with Gasteiger partial charge >= 0.3 is 0 Å². The largest absolute Gasteiger partial charge is 0.355 e. The first-order valence-corrected chi connectivity index (χ1v) is 9.88. The first-order chi connectivity index (χ1) is 14.3. The van der Waals surface area contributed by atoms with Crippen LogP contribution in [0.5, 0.6) is 0 Å². The van der Waals surface area contributed by atoms with Gasteiger partial charge in [0.2, 0.25) is 5.91 Å². The van der Waals surface area contributed by atoms with E-state index < -0.39 is 11.9 Å². The van der Waals surface area contributed by atoms with Gasteiger partial charge in [-0.3, -0.25) is 14.6 Å². The van der Waals surface area contributed by atoms with E-state index in [1.54, 1.807) is 12.3 Å². The Hall–Kier alpha value is -3.48. The topological polar surface area (TPSA) is 97.1 Å². The molecule has 0 aliphatic heterocycles. The summed E-state index contributed by atoms with van der Waals surface area (Å²) in [7, 11) is 0. The van der Waals surface area contributed by atoms with Crippen molar-refractivity contribution in [2.24, 2.45) is 5.92 Å². The number of aromatic nitrogens is 2. The van der Waals surface area contributed by atoms with Crippen molar-refractivity contribution in [1.82, 2.24) is 20.8 Å². The second-order valence-corrected chi connectivity index (χ2v) is 7.63. The van der Waals surface area contributed by atoms with Crippen LogP contribution in [-0.4, -0.2) is 28.0 Å². The Morgan fingerprint density at radius 1 is 1.10 bits per heavy atom. The van der Waals surface area contributed by atoms with Crippen molar-refractivity contribution in [3.8, 4) is 11.3 Å². The molecule has 0 saturated carbocycles. The van der Waals surface area contributed by atoms with Gasteiger partial charge < -0.3 is 15.2 Å². The maximum atomic E-state index is 12.7. The molecule has 0 saturated heterocycles. The van der Waals surface area contributed by atoms with Gasteiger partial charge in [0.15, 0.2) is 11.5 Å². The molecule has 1 unspecified atom stereocenters. The second kappa shape index (κ2) is 9.35. The van der Waals surface area contributed by atoms with Crippen molar-refractivity contribution >= 4 is 11.8 Å². The molecule has 2 N–H and O–H groups in total. The van der Waals surface area contributed by atoms with Crippen molar-refractivity contribution in [2.45, 2.75) is 40.3 Å². The molecule has 3 aromatic rings. The number of nitrogens with one attached hydrogen (secondary N) is 2. The number of hydrogen-bond donors (Lipinski definition) is 2. The third kappa shape index (κ3) is 5.11. The summed E-state index contributed by atoms with van der Waals surface area (Å²) in [6, 6.07) is 12.4. The summed E-state index contributed by atoms with van der Waals surface area (Å²) in [5, 5.41) is 9.49. The standard InChI is InChI=1S/C23H26N4O3/c1-14(2)21(23(29)25-13-17-7-5-6-10-24-17)26-22(28)19-12-20(30-27-19)18-11-15(3)8-9-16(18)4/h5-12,14,21H,13H2,1-4H3,(H,25,29)(H,26,28). The molecule has 2 heterocycles. The molecule has 2 amide bonds. The van der Waals surface area contributed by atoms with Gasteiger partial charge in [-0.15, -0.1) is 0 Å². The molecule has 3 rings (SSSR count). The average Bonchev–Trinajstić information content (AvgIpc) is 3.22. The maximum Gasteiger partial charge on any atom is 0.274 e. The Morgan fingerprint density at radius 3 is 2.60 bits per heavy atom. The van der Waals surface area contributed by atoms with E-state index in [9.17, 15) is 9.59 Å². The number of nitrogens with zero attached hydrogens (tertiary/aromatic N) is 2. The molecular formula is C23H26N4O3. The Labute approximate surface area is 175 Å². The third-order valence-corrected chi connectivity index (χ3v) is 4.81. The lowest BCUT2D eigenvalue weighted by Crippen LogP contribution is -2.49. The van der Waals surface area contributed by atoms with E-state index in [0.29, 0.717) is 12.3 Å². The Balaban J connectivity index is 1.69. The smallest absolute Gasteiger partial charge is 0.274 e. The van der Waals surface area contributed by atoms with E-state index in [2.05, 4.69) is 20.8 Å². The fourth-order valence-electron chi connectivity index (χ4n) is 3.05. The highest BCUT2D eigenvalue weighted by molar-refractivity contribution is 5.96. The zero-order valence-electron chi connectivity index (χ0n) is 17.6. The number of hydrogen-bond acceptors (Lipinski definition) is 5. The summed E-state index contributed by atoms with van der Waals surface area (Å²) in [4.78, 5) is 29.5. The van der Waals surface area contributed by atoms with Crippen molar-refractivity contribution in [3.05, 3.63) is 71.2 Å². The molecule has 7 heteroatoms. The lowest BCUT2D eigenvalue weighted by atomic mass is 10.0. The molecule has 30 heavy (non-hydrogen) atoms. The average molecular weight is 406 g/mol. The monoisotopic (exact) mass is 406 g/mol. The van der Waals surface area contributed by atoms with Gasteiger partial charge in [0.1, 0.15) is 6.04 Å². The molecule has 0 fully saturated rings. The molecule has 2 aromatic heterocycles. The summed E-state index contributed by atoms with van der Waals surface area (Å²) in [6.07, 6.45) is 1.67. The molecule has 156 valence electrons. The van der Waals surface area contributed by atoms with Crippen LogP contribution in [0.15, 0.2) is 53.2 Å². The van der Waals surface area contributed by atoms with Crippen molar-refractivity contribution < 1.29 is 14.1 Å². The highest BCUT2D eigenvalue weighted by Gasteiger charge is 2.26. The SMILES string of the molecule is Cc1ccc(C)c(-c2cc(C(=O)NC(C(=O)NCc3ccccn3)C(C)C)no2)c1. The van der Waals surface area contributed by atoms with Crippen LogP contribution < -0.4 is 10.6 Å². The number of carbonyl (C=O) groups excluding carboxylic acids is 2. The summed E-state index contributed by atoms with van der Waals surface area (Å²) in [5.41, 5.74) is 3.87. The van der Waals surface area contributed by atoms with E-state index in [0.717, 1.165) is 22.4 Å². The highest BCUT2D eigenvalue weighted by atomic mass is 16.5. The molecule has 1 aromatic carbocycles. The van der Waals surface area contributed by atoms with Gasteiger partial charge in [-0.05, 0) is 43.5 Å². The number of amides is 2. The van der Waals surface area contributed by atoms with Gasteiger partial charge in [0.25, 0.3) is 5.91 Å².